The van der Waals surface area contributed by atoms with E-state index in [1.54, 1.807) is 17.1 Å². The molecule has 7 heteroatoms. The zero-order chi connectivity index (χ0) is 19.8. The third kappa shape index (κ3) is 4.75. The van der Waals surface area contributed by atoms with E-state index >= 15 is 0 Å². The van der Waals surface area contributed by atoms with Gasteiger partial charge in [-0.1, -0.05) is 46.9 Å². The molecule has 27 heavy (non-hydrogen) atoms. The van der Waals surface area contributed by atoms with Gasteiger partial charge in [0.15, 0.2) is 0 Å². The van der Waals surface area contributed by atoms with E-state index in [1.165, 1.54) is 0 Å². The molecule has 1 atom stereocenters. The highest BCUT2D eigenvalue weighted by Crippen LogP contribution is 2.39. The fraction of sp³-hybridized carbons (Fsp3) is 0.300. The summed E-state index contributed by atoms with van der Waals surface area (Å²) in [5, 5.41) is 11.0. The van der Waals surface area contributed by atoms with Crippen LogP contribution in [0.1, 0.15) is 38.8 Å². The number of nitrogens with one attached hydrogen (secondary N) is 1. The Hall–Kier alpha value is -1.75. The van der Waals surface area contributed by atoms with Crippen molar-refractivity contribution in [1.29, 1.82) is 0 Å². The summed E-state index contributed by atoms with van der Waals surface area (Å²) in [6.45, 7) is 5.81. The highest BCUT2D eigenvalue weighted by molar-refractivity contribution is 6.40. The average molecular weight is 425 g/mol. The lowest BCUT2D eigenvalue weighted by atomic mass is 10.0. The van der Waals surface area contributed by atoms with Crippen molar-refractivity contribution in [2.24, 2.45) is 5.10 Å². The van der Waals surface area contributed by atoms with Gasteiger partial charge in [-0.2, -0.15) is 5.10 Å². The molecule has 0 radical (unpaired) electrons. The summed E-state index contributed by atoms with van der Waals surface area (Å²) < 4.78 is 0. The largest absolute Gasteiger partial charge is 0.346 e. The summed E-state index contributed by atoms with van der Waals surface area (Å²) in [5.74, 6) is -0.186. The molecule has 1 aliphatic heterocycles. The summed E-state index contributed by atoms with van der Waals surface area (Å²) >= 11 is 18.5. The number of halogens is 3. The lowest BCUT2D eigenvalue weighted by Crippen LogP contribution is -2.43. The van der Waals surface area contributed by atoms with Gasteiger partial charge in [0, 0.05) is 22.0 Å². The van der Waals surface area contributed by atoms with Crippen molar-refractivity contribution in [1.82, 2.24) is 5.32 Å². The average Bonchev–Trinajstić information content (AvgIpc) is 2.99. The predicted octanol–water partition coefficient (Wildman–Crippen LogP) is 5.87. The molecule has 0 aliphatic carbocycles. The third-order valence-corrected chi connectivity index (χ3v) is 4.86. The van der Waals surface area contributed by atoms with Gasteiger partial charge in [-0.25, -0.2) is 0 Å². The van der Waals surface area contributed by atoms with Gasteiger partial charge in [0.2, 0.25) is 0 Å². The van der Waals surface area contributed by atoms with Crippen molar-refractivity contribution in [3.05, 3.63) is 63.1 Å². The number of rotatable bonds is 3. The third-order valence-electron chi connectivity index (χ3n) is 4.07. The molecule has 0 saturated carbocycles. The maximum atomic E-state index is 12.7. The second-order valence-electron chi connectivity index (χ2n) is 7.46. The summed E-state index contributed by atoms with van der Waals surface area (Å²) in [7, 11) is 0. The van der Waals surface area contributed by atoms with Crippen LogP contribution in [0.2, 0.25) is 15.1 Å². The normalized spacial score (nSPS) is 17.0. The summed E-state index contributed by atoms with van der Waals surface area (Å²) in [6, 6.07) is 12.6. The molecule has 142 valence electrons. The molecule has 1 heterocycles. The standard InChI is InChI=1S/C20H20Cl3N3O/c1-20(2,3)24-19(27)16-11-18(12-4-6-13(21)7-5-12)26(25-16)17-9-8-14(22)10-15(17)23/h4-10,18H,11H2,1-3H3,(H,24,27). The number of amides is 1. The molecule has 4 nitrogen and oxygen atoms in total. The van der Waals surface area contributed by atoms with E-state index in [0.29, 0.717) is 32.9 Å². The number of anilines is 1. The quantitative estimate of drug-likeness (QED) is 0.670. The fourth-order valence-corrected chi connectivity index (χ4v) is 3.51. The molecule has 2 aromatic rings. The minimum absolute atomic E-state index is 0.165. The van der Waals surface area contributed by atoms with Crippen molar-refractivity contribution >= 4 is 52.1 Å². The number of hydrazone groups is 1. The number of hydrogen-bond acceptors (Lipinski definition) is 3. The second kappa shape index (κ2) is 7.70. The van der Waals surface area contributed by atoms with Crippen LogP contribution < -0.4 is 10.3 Å². The lowest BCUT2D eigenvalue weighted by Gasteiger charge is -2.25. The highest BCUT2D eigenvalue weighted by Gasteiger charge is 2.34. The van der Waals surface area contributed by atoms with E-state index in [9.17, 15) is 4.79 Å². The van der Waals surface area contributed by atoms with Gasteiger partial charge in [-0.05, 0) is 56.7 Å². The van der Waals surface area contributed by atoms with E-state index in [0.717, 1.165) is 5.56 Å². The molecule has 2 aromatic carbocycles. The summed E-state index contributed by atoms with van der Waals surface area (Å²) in [4.78, 5) is 12.7. The fourth-order valence-electron chi connectivity index (χ4n) is 2.89. The van der Waals surface area contributed by atoms with Gasteiger partial charge in [-0.15, -0.1) is 0 Å². The van der Waals surface area contributed by atoms with Crippen molar-refractivity contribution in [2.75, 3.05) is 5.01 Å². The van der Waals surface area contributed by atoms with Crippen molar-refractivity contribution < 1.29 is 4.79 Å². The predicted molar refractivity (Wildman–Crippen MR) is 113 cm³/mol. The van der Waals surface area contributed by atoms with E-state index in [2.05, 4.69) is 10.4 Å². The van der Waals surface area contributed by atoms with Crippen LogP contribution >= 0.6 is 34.8 Å². The van der Waals surface area contributed by atoms with Crippen LogP contribution in [0.3, 0.4) is 0 Å². The number of carbonyl (C=O) groups excluding carboxylic acids is 1. The van der Waals surface area contributed by atoms with E-state index in [1.807, 2.05) is 51.1 Å². The van der Waals surface area contributed by atoms with Crippen molar-refractivity contribution in [2.45, 2.75) is 38.8 Å². The van der Waals surface area contributed by atoms with Gasteiger partial charge in [0.1, 0.15) is 5.71 Å². The maximum absolute atomic E-state index is 12.7. The Balaban J connectivity index is 1.99. The Labute approximate surface area is 174 Å². The molecule has 0 fully saturated rings. The number of benzene rings is 2. The van der Waals surface area contributed by atoms with E-state index < -0.39 is 0 Å². The Morgan fingerprint density at radius 1 is 1.07 bits per heavy atom. The Morgan fingerprint density at radius 3 is 2.30 bits per heavy atom. The smallest absolute Gasteiger partial charge is 0.267 e. The molecule has 0 spiro atoms. The Morgan fingerprint density at radius 2 is 1.70 bits per heavy atom. The number of carbonyl (C=O) groups is 1. The molecular formula is C20H20Cl3N3O. The first-order chi connectivity index (χ1) is 12.6. The number of hydrogen-bond donors (Lipinski definition) is 1. The Kier molecular flexibility index (Phi) is 5.71. The van der Waals surface area contributed by atoms with Gasteiger partial charge >= 0.3 is 0 Å². The van der Waals surface area contributed by atoms with Gasteiger partial charge in [0.25, 0.3) is 5.91 Å². The van der Waals surface area contributed by atoms with Crippen LogP contribution in [-0.2, 0) is 4.79 Å². The first-order valence-electron chi connectivity index (χ1n) is 8.54. The second-order valence-corrected chi connectivity index (χ2v) is 8.74. The molecule has 0 aromatic heterocycles. The van der Waals surface area contributed by atoms with Crippen LogP contribution in [0.4, 0.5) is 5.69 Å². The lowest BCUT2D eigenvalue weighted by molar-refractivity contribution is -0.116. The minimum Gasteiger partial charge on any atom is -0.346 e. The first-order valence-corrected chi connectivity index (χ1v) is 9.67. The molecule has 1 N–H and O–H groups in total. The minimum atomic E-state index is -0.347. The monoisotopic (exact) mass is 423 g/mol. The Bertz CT molecular complexity index is 888. The number of nitrogens with zero attached hydrogens (tertiary/aromatic N) is 2. The molecule has 0 bridgehead atoms. The molecular weight excluding hydrogens is 405 g/mol. The van der Waals surface area contributed by atoms with Crippen LogP contribution in [-0.4, -0.2) is 17.2 Å². The van der Waals surface area contributed by atoms with Crippen LogP contribution in [0.5, 0.6) is 0 Å². The van der Waals surface area contributed by atoms with E-state index in [-0.39, 0.29) is 17.5 Å². The SMILES string of the molecule is CC(C)(C)NC(=O)C1=NN(c2ccc(Cl)cc2Cl)C(c2ccc(Cl)cc2)C1. The molecule has 1 amide bonds. The highest BCUT2D eigenvalue weighted by atomic mass is 35.5. The first kappa shape index (κ1) is 20.0. The van der Waals surface area contributed by atoms with Gasteiger partial charge in [-0.3, -0.25) is 9.80 Å². The topological polar surface area (TPSA) is 44.7 Å². The molecule has 3 rings (SSSR count). The van der Waals surface area contributed by atoms with Crippen molar-refractivity contribution in [3.63, 3.8) is 0 Å². The zero-order valence-corrected chi connectivity index (χ0v) is 17.5. The van der Waals surface area contributed by atoms with Crippen LogP contribution in [0.15, 0.2) is 47.6 Å². The molecule has 0 saturated heterocycles. The summed E-state index contributed by atoms with van der Waals surface area (Å²) in [6.07, 6.45) is 0.461. The van der Waals surface area contributed by atoms with Gasteiger partial charge < -0.3 is 5.32 Å². The van der Waals surface area contributed by atoms with Gasteiger partial charge in [0.05, 0.1) is 16.8 Å². The molecule has 1 aliphatic rings. The van der Waals surface area contributed by atoms with Crippen molar-refractivity contribution in [3.8, 4) is 0 Å². The molecule has 1 unspecified atom stereocenters. The van der Waals surface area contributed by atoms with Crippen LogP contribution in [0, 0.1) is 0 Å². The summed E-state index contributed by atoms with van der Waals surface area (Å²) in [5.41, 5.74) is 1.80. The zero-order valence-electron chi connectivity index (χ0n) is 15.3. The van der Waals surface area contributed by atoms with Crippen LogP contribution in [0.25, 0.3) is 0 Å². The van der Waals surface area contributed by atoms with E-state index in [4.69, 9.17) is 34.8 Å². The maximum Gasteiger partial charge on any atom is 0.267 e.